The van der Waals surface area contributed by atoms with Gasteiger partial charge in [-0.25, -0.2) is 0 Å². The average molecular weight is 422 g/mol. The first-order valence-corrected chi connectivity index (χ1v) is 10.2. The van der Waals surface area contributed by atoms with Crippen LogP contribution in [-0.2, 0) is 19.1 Å². The quantitative estimate of drug-likeness (QED) is 0.567. The van der Waals surface area contributed by atoms with Crippen molar-refractivity contribution in [3.8, 4) is 0 Å². The maximum Gasteiger partial charge on any atom is 0.306 e. The molecule has 1 aliphatic heterocycles. The highest BCUT2D eigenvalue weighted by Gasteiger charge is 2.30. The number of ether oxygens (including phenoxy) is 1. The molecule has 7 heteroatoms. The average Bonchev–Trinajstić information content (AvgIpc) is 2.86. The van der Waals surface area contributed by atoms with Crippen LogP contribution in [-0.4, -0.2) is 36.2 Å². The van der Waals surface area contributed by atoms with Crippen LogP contribution < -0.4 is 10.2 Å². The Morgan fingerprint density at radius 2 is 1.84 bits per heavy atom. The normalized spacial score (nSPS) is 15.5. The summed E-state index contributed by atoms with van der Waals surface area (Å²) in [4.78, 5) is 50.9. The number of anilines is 2. The van der Waals surface area contributed by atoms with Gasteiger partial charge in [0.15, 0.2) is 12.4 Å². The molecular formula is C24H26N2O5. The van der Waals surface area contributed by atoms with Crippen molar-refractivity contribution in [3.63, 3.8) is 0 Å². The van der Waals surface area contributed by atoms with E-state index in [0.29, 0.717) is 16.9 Å². The maximum atomic E-state index is 12.8. The number of nitrogens with zero attached hydrogens (tertiary/aromatic N) is 1. The minimum absolute atomic E-state index is 0.0126. The number of benzene rings is 2. The molecule has 0 saturated heterocycles. The first-order valence-electron chi connectivity index (χ1n) is 10.2. The summed E-state index contributed by atoms with van der Waals surface area (Å²) in [5.74, 6) is -1.36. The number of amides is 2. The van der Waals surface area contributed by atoms with Gasteiger partial charge in [0.1, 0.15) is 0 Å². The van der Waals surface area contributed by atoms with E-state index in [1.165, 1.54) is 4.90 Å². The van der Waals surface area contributed by atoms with Crippen LogP contribution in [0.3, 0.4) is 0 Å². The largest absolute Gasteiger partial charge is 0.456 e. The Balaban J connectivity index is 1.59. The number of aryl methyl sites for hydroxylation is 2. The zero-order valence-corrected chi connectivity index (χ0v) is 17.9. The van der Waals surface area contributed by atoms with Crippen molar-refractivity contribution in [3.05, 3.63) is 59.2 Å². The van der Waals surface area contributed by atoms with Crippen molar-refractivity contribution in [2.75, 3.05) is 16.8 Å². The molecule has 7 nitrogen and oxygen atoms in total. The van der Waals surface area contributed by atoms with E-state index in [4.69, 9.17) is 4.74 Å². The third-order valence-electron chi connectivity index (χ3n) is 5.23. The summed E-state index contributed by atoms with van der Waals surface area (Å²) in [5, 5.41) is 2.78. The number of esters is 1. The molecule has 0 fully saturated rings. The smallest absolute Gasteiger partial charge is 0.306 e. The van der Waals surface area contributed by atoms with Crippen LogP contribution in [0.25, 0.3) is 0 Å². The van der Waals surface area contributed by atoms with Crippen LogP contribution in [0.5, 0.6) is 0 Å². The Bertz CT molecular complexity index is 1030. The third-order valence-corrected chi connectivity index (χ3v) is 5.23. The van der Waals surface area contributed by atoms with Crippen LogP contribution in [0, 0.1) is 13.8 Å². The van der Waals surface area contributed by atoms with Gasteiger partial charge in [0.25, 0.3) is 5.91 Å². The van der Waals surface area contributed by atoms with Crippen molar-refractivity contribution in [1.29, 1.82) is 0 Å². The number of hydrogen-bond donors (Lipinski definition) is 1. The molecule has 0 radical (unpaired) electrons. The third kappa shape index (κ3) is 5.36. The molecule has 0 aromatic heterocycles. The predicted octanol–water partition coefficient (Wildman–Crippen LogP) is 3.57. The van der Waals surface area contributed by atoms with E-state index in [2.05, 4.69) is 5.32 Å². The number of fused-ring (bicyclic) bond motifs is 1. The Hall–Kier alpha value is -3.48. The predicted molar refractivity (Wildman–Crippen MR) is 117 cm³/mol. The SMILES string of the molecule is Cc1ccc(C)c(C(=O)CCC(=O)OCC(=O)N2c3ccccc3NC(=O)C[C@H]2C)c1. The molecule has 31 heavy (non-hydrogen) atoms. The van der Waals surface area contributed by atoms with E-state index >= 15 is 0 Å². The number of Topliss-reactive ketones (excluding diaryl/α,β-unsaturated/α-hetero) is 1. The maximum absolute atomic E-state index is 12.8. The summed E-state index contributed by atoms with van der Waals surface area (Å²) in [5.41, 5.74) is 3.52. The number of ketones is 1. The molecule has 3 rings (SSSR count). The lowest BCUT2D eigenvalue weighted by molar-refractivity contribution is -0.147. The number of nitrogens with one attached hydrogen (secondary N) is 1. The lowest BCUT2D eigenvalue weighted by atomic mass is 9.99. The second-order valence-electron chi connectivity index (χ2n) is 7.78. The van der Waals surface area contributed by atoms with E-state index in [9.17, 15) is 19.2 Å². The van der Waals surface area contributed by atoms with Gasteiger partial charge < -0.3 is 15.0 Å². The van der Waals surface area contributed by atoms with Gasteiger partial charge in [0, 0.05) is 24.4 Å². The monoisotopic (exact) mass is 422 g/mol. The van der Waals surface area contributed by atoms with Gasteiger partial charge in [-0.3, -0.25) is 19.2 Å². The van der Waals surface area contributed by atoms with Gasteiger partial charge in [-0.1, -0.05) is 29.8 Å². The van der Waals surface area contributed by atoms with Gasteiger partial charge in [-0.05, 0) is 44.5 Å². The molecule has 0 bridgehead atoms. The molecule has 162 valence electrons. The first-order chi connectivity index (χ1) is 14.8. The van der Waals surface area contributed by atoms with Gasteiger partial charge in [0.05, 0.1) is 17.8 Å². The standard InChI is InChI=1S/C24H26N2O5/c1-15-8-9-16(2)18(12-15)21(27)10-11-24(30)31-14-23(29)26-17(3)13-22(28)25-19-6-4-5-7-20(19)26/h4-9,12,17H,10-11,13-14H2,1-3H3,(H,25,28)/t17-/m1/s1. The van der Waals surface area contributed by atoms with E-state index in [-0.39, 0.29) is 37.0 Å². The topological polar surface area (TPSA) is 92.8 Å². The summed E-state index contributed by atoms with van der Waals surface area (Å²) >= 11 is 0. The van der Waals surface area contributed by atoms with E-state index in [0.717, 1.165) is 11.1 Å². The minimum atomic E-state index is -0.614. The van der Waals surface area contributed by atoms with E-state index < -0.39 is 18.5 Å². The Kier molecular flexibility index (Phi) is 6.84. The Labute approximate surface area is 181 Å². The fraction of sp³-hybridized carbons (Fsp3) is 0.333. The zero-order chi connectivity index (χ0) is 22.5. The van der Waals surface area contributed by atoms with Crippen LogP contribution in [0.4, 0.5) is 11.4 Å². The Morgan fingerprint density at radius 3 is 2.61 bits per heavy atom. The molecule has 1 N–H and O–H groups in total. The highest BCUT2D eigenvalue weighted by molar-refractivity contribution is 6.05. The van der Waals surface area contributed by atoms with Gasteiger partial charge >= 0.3 is 5.97 Å². The zero-order valence-electron chi connectivity index (χ0n) is 17.9. The van der Waals surface area contributed by atoms with Gasteiger partial charge in [-0.15, -0.1) is 0 Å². The van der Waals surface area contributed by atoms with Crippen molar-refractivity contribution < 1.29 is 23.9 Å². The first kappa shape index (κ1) is 22.2. The van der Waals surface area contributed by atoms with Crippen molar-refractivity contribution >= 4 is 34.9 Å². The molecule has 1 atom stereocenters. The van der Waals surface area contributed by atoms with Gasteiger partial charge in [0.2, 0.25) is 5.91 Å². The second-order valence-corrected chi connectivity index (χ2v) is 7.78. The van der Waals surface area contributed by atoms with Crippen LogP contribution in [0.15, 0.2) is 42.5 Å². The number of para-hydroxylation sites is 2. The number of rotatable bonds is 6. The molecule has 0 aliphatic carbocycles. The summed E-state index contributed by atoms with van der Waals surface area (Å²) in [6.45, 7) is 5.07. The molecule has 2 amide bonds. The van der Waals surface area contributed by atoms with E-state index in [1.54, 1.807) is 37.3 Å². The fourth-order valence-corrected chi connectivity index (χ4v) is 3.64. The van der Waals surface area contributed by atoms with Crippen LogP contribution in [0.2, 0.25) is 0 Å². The molecule has 1 aliphatic rings. The minimum Gasteiger partial charge on any atom is -0.456 e. The lowest BCUT2D eigenvalue weighted by Crippen LogP contribution is -2.41. The molecule has 1 heterocycles. The number of carbonyl (C=O) groups excluding carboxylic acids is 4. The van der Waals surface area contributed by atoms with Crippen LogP contribution >= 0.6 is 0 Å². The van der Waals surface area contributed by atoms with Gasteiger partial charge in [-0.2, -0.15) is 0 Å². The van der Waals surface area contributed by atoms with Crippen molar-refractivity contribution in [2.24, 2.45) is 0 Å². The highest BCUT2D eigenvalue weighted by atomic mass is 16.5. The number of hydrogen-bond acceptors (Lipinski definition) is 5. The number of carbonyl (C=O) groups is 4. The molecule has 0 unspecified atom stereocenters. The van der Waals surface area contributed by atoms with Crippen molar-refractivity contribution in [2.45, 2.75) is 46.1 Å². The van der Waals surface area contributed by atoms with E-state index in [1.807, 2.05) is 26.0 Å². The van der Waals surface area contributed by atoms with Crippen molar-refractivity contribution in [1.82, 2.24) is 0 Å². The summed E-state index contributed by atoms with van der Waals surface area (Å²) in [7, 11) is 0. The fourth-order valence-electron chi connectivity index (χ4n) is 3.64. The molecular weight excluding hydrogens is 396 g/mol. The van der Waals surface area contributed by atoms with Crippen LogP contribution in [0.1, 0.15) is 47.7 Å². The lowest BCUT2D eigenvalue weighted by Gasteiger charge is -2.27. The molecule has 2 aromatic rings. The second kappa shape index (κ2) is 9.55. The summed E-state index contributed by atoms with van der Waals surface area (Å²) in [6.07, 6.45) is 0.0447. The molecule has 0 spiro atoms. The molecule has 2 aromatic carbocycles. The summed E-state index contributed by atoms with van der Waals surface area (Å²) in [6, 6.07) is 12.2. The summed E-state index contributed by atoms with van der Waals surface area (Å²) < 4.78 is 5.14. The molecule has 0 saturated carbocycles. The Morgan fingerprint density at radius 1 is 1.10 bits per heavy atom. The highest BCUT2D eigenvalue weighted by Crippen LogP contribution is 2.31.